The quantitative estimate of drug-likeness (QED) is 0.559. The van der Waals surface area contributed by atoms with Crippen LogP contribution in [0.2, 0.25) is 0 Å². The van der Waals surface area contributed by atoms with Gasteiger partial charge in [0.15, 0.2) is 0 Å². The Hall–Kier alpha value is -3.61. The number of benzene rings is 2. The average molecular weight is 459 g/mol. The number of aryl methyl sites for hydroxylation is 2. The van der Waals surface area contributed by atoms with Gasteiger partial charge in [0, 0.05) is 30.8 Å². The molecule has 3 aromatic rings. The fourth-order valence-corrected chi connectivity index (χ4v) is 4.58. The normalized spacial score (nSPS) is 15.4. The number of carbonyl (C=O) groups excluding carboxylic acids is 2. The lowest BCUT2D eigenvalue weighted by Crippen LogP contribution is -2.28. The van der Waals surface area contributed by atoms with Crippen LogP contribution in [0.15, 0.2) is 46.9 Å². The lowest BCUT2D eigenvalue weighted by molar-refractivity contribution is -0.122. The Kier molecular flexibility index (Phi) is 6.09. The molecule has 1 saturated carbocycles. The molecular weight excluding hydrogens is 428 g/mol. The number of carbonyl (C=O) groups is 2. The summed E-state index contributed by atoms with van der Waals surface area (Å²) in [5.41, 5.74) is 5.15. The zero-order chi connectivity index (χ0) is 23.7. The highest BCUT2D eigenvalue weighted by molar-refractivity contribution is 5.96. The molecule has 34 heavy (non-hydrogen) atoms. The van der Waals surface area contributed by atoms with Crippen LogP contribution in [0.1, 0.15) is 53.1 Å². The molecule has 7 heteroatoms. The van der Waals surface area contributed by atoms with E-state index in [1.807, 2.05) is 49.4 Å². The standard InChI is InChI=1S/C27H30N4O3/c1-17-23(16-28-25(32)20-12-13-24-19(15-20)9-6-14-31(24)2)30-27(34-17)21-10-3-4-11-22(21)29-26(33)18-7-5-8-18/h3-4,10-13,15,18H,5-9,14,16H2,1-2H3,(H,28,32)(H,29,33). The summed E-state index contributed by atoms with van der Waals surface area (Å²) in [4.78, 5) is 32.1. The molecule has 0 atom stereocenters. The first-order valence-electron chi connectivity index (χ1n) is 12.0. The van der Waals surface area contributed by atoms with Gasteiger partial charge in [0.05, 0.1) is 17.8 Å². The predicted octanol–water partition coefficient (Wildman–Crippen LogP) is 4.70. The van der Waals surface area contributed by atoms with Gasteiger partial charge in [-0.3, -0.25) is 9.59 Å². The van der Waals surface area contributed by atoms with Gasteiger partial charge in [-0.15, -0.1) is 0 Å². The third-order valence-electron chi connectivity index (χ3n) is 6.89. The Bertz CT molecular complexity index is 1230. The number of anilines is 2. The van der Waals surface area contributed by atoms with E-state index in [4.69, 9.17) is 4.42 Å². The van der Waals surface area contributed by atoms with Crippen molar-refractivity contribution in [2.75, 3.05) is 23.8 Å². The summed E-state index contributed by atoms with van der Waals surface area (Å²) < 4.78 is 5.93. The van der Waals surface area contributed by atoms with E-state index < -0.39 is 0 Å². The minimum atomic E-state index is -0.131. The second-order valence-electron chi connectivity index (χ2n) is 9.24. The fraction of sp³-hybridized carbons (Fsp3) is 0.370. The predicted molar refractivity (Wildman–Crippen MR) is 132 cm³/mol. The number of aromatic nitrogens is 1. The molecule has 0 bridgehead atoms. The second kappa shape index (κ2) is 9.33. The van der Waals surface area contributed by atoms with Gasteiger partial charge >= 0.3 is 0 Å². The highest BCUT2D eigenvalue weighted by Gasteiger charge is 2.26. The molecular formula is C27H30N4O3. The molecule has 176 valence electrons. The first kappa shape index (κ1) is 22.2. The van der Waals surface area contributed by atoms with Crippen LogP contribution in [0.4, 0.5) is 11.4 Å². The molecule has 2 heterocycles. The molecule has 0 spiro atoms. The van der Waals surface area contributed by atoms with Gasteiger partial charge in [0.2, 0.25) is 11.8 Å². The summed E-state index contributed by atoms with van der Waals surface area (Å²) in [6.07, 6.45) is 5.07. The van der Waals surface area contributed by atoms with Crippen LogP contribution < -0.4 is 15.5 Å². The molecule has 1 aliphatic carbocycles. The monoisotopic (exact) mass is 458 g/mol. The van der Waals surface area contributed by atoms with Crippen molar-refractivity contribution in [3.8, 4) is 11.5 Å². The van der Waals surface area contributed by atoms with Crippen molar-refractivity contribution in [2.24, 2.45) is 5.92 Å². The number of para-hydroxylation sites is 1. The molecule has 1 aromatic heterocycles. The lowest BCUT2D eigenvalue weighted by atomic mass is 9.85. The van der Waals surface area contributed by atoms with E-state index in [9.17, 15) is 9.59 Å². The van der Waals surface area contributed by atoms with Gasteiger partial charge in [0.25, 0.3) is 5.91 Å². The minimum absolute atomic E-state index is 0.0470. The Labute approximate surface area is 199 Å². The number of hydrogen-bond acceptors (Lipinski definition) is 5. The summed E-state index contributed by atoms with van der Waals surface area (Å²) in [5.74, 6) is 1.08. The van der Waals surface area contributed by atoms with Gasteiger partial charge < -0.3 is 20.0 Å². The number of oxazole rings is 1. The molecule has 0 radical (unpaired) electrons. The van der Waals surface area contributed by atoms with Crippen LogP contribution >= 0.6 is 0 Å². The molecule has 1 fully saturated rings. The summed E-state index contributed by atoms with van der Waals surface area (Å²) in [7, 11) is 2.08. The van der Waals surface area contributed by atoms with Crippen LogP contribution in [0.5, 0.6) is 0 Å². The van der Waals surface area contributed by atoms with E-state index in [0.717, 1.165) is 44.2 Å². The van der Waals surface area contributed by atoms with Crippen molar-refractivity contribution in [1.82, 2.24) is 10.3 Å². The molecule has 2 aromatic carbocycles. The van der Waals surface area contributed by atoms with Crippen LogP contribution in [-0.2, 0) is 17.8 Å². The molecule has 2 amide bonds. The van der Waals surface area contributed by atoms with Gasteiger partial charge in [-0.2, -0.15) is 0 Å². The van der Waals surface area contributed by atoms with Crippen molar-refractivity contribution >= 4 is 23.2 Å². The Morgan fingerprint density at radius 1 is 1.15 bits per heavy atom. The lowest BCUT2D eigenvalue weighted by Gasteiger charge is -2.27. The van der Waals surface area contributed by atoms with E-state index in [1.54, 1.807) is 0 Å². The first-order chi connectivity index (χ1) is 16.5. The van der Waals surface area contributed by atoms with Crippen molar-refractivity contribution in [3.63, 3.8) is 0 Å². The summed E-state index contributed by atoms with van der Waals surface area (Å²) in [5, 5.41) is 6.00. The average Bonchev–Trinajstić information content (AvgIpc) is 3.16. The van der Waals surface area contributed by atoms with Crippen molar-refractivity contribution < 1.29 is 14.0 Å². The number of rotatable bonds is 6. The van der Waals surface area contributed by atoms with Crippen LogP contribution in [0.3, 0.4) is 0 Å². The van der Waals surface area contributed by atoms with Crippen molar-refractivity contribution in [2.45, 2.75) is 45.6 Å². The maximum Gasteiger partial charge on any atom is 0.251 e. The maximum atomic E-state index is 12.8. The number of fused-ring (bicyclic) bond motifs is 1. The van der Waals surface area contributed by atoms with Crippen LogP contribution in [0.25, 0.3) is 11.5 Å². The second-order valence-corrected chi connectivity index (χ2v) is 9.24. The van der Waals surface area contributed by atoms with Gasteiger partial charge in [-0.1, -0.05) is 18.6 Å². The molecule has 2 aliphatic rings. The SMILES string of the molecule is Cc1oc(-c2ccccc2NC(=O)C2CCC2)nc1CNC(=O)c1ccc2c(c1)CCCN2C. The number of amides is 2. The summed E-state index contributed by atoms with van der Waals surface area (Å²) in [6.45, 7) is 3.14. The highest BCUT2D eigenvalue weighted by atomic mass is 16.4. The van der Waals surface area contributed by atoms with Crippen LogP contribution in [-0.4, -0.2) is 30.4 Å². The summed E-state index contributed by atoms with van der Waals surface area (Å²) >= 11 is 0. The Morgan fingerprint density at radius 2 is 1.97 bits per heavy atom. The molecule has 5 rings (SSSR count). The summed E-state index contributed by atoms with van der Waals surface area (Å²) in [6, 6.07) is 13.4. The Morgan fingerprint density at radius 3 is 2.76 bits per heavy atom. The van der Waals surface area contributed by atoms with E-state index in [1.165, 1.54) is 11.3 Å². The van der Waals surface area contributed by atoms with E-state index in [2.05, 4.69) is 27.6 Å². The molecule has 0 saturated heterocycles. The fourth-order valence-electron chi connectivity index (χ4n) is 4.58. The number of nitrogens with zero attached hydrogens (tertiary/aromatic N) is 2. The highest BCUT2D eigenvalue weighted by Crippen LogP contribution is 2.32. The van der Waals surface area contributed by atoms with Crippen molar-refractivity contribution in [1.29, 1.82) is 0 Å². The van der Waals surface area contributed by atoms with E-state index in [0.29, 0.717) is 28.6 Å². The third kappa shape index (κ3) is 4.42. The van der Waals surface area contributed by atoms with Gasteiger partial charge in [-0.05, 0) is 68.5 Å². The smallest absolute Gasteiger partial charge is 0.251 e. The number of nitrogens with one attached hydrogen (secondary N) is 2. The van der Waals surface area contributed by atoms with Gasteiger partial charge in [0.1, 0.15) is 11.5 Å². The van der Waals surface area contributed by atoms with E-state index >= 15 is 0 Å². The van der Waals surface area contributed by atoms with Gasteiger partial charge in [-0.25, -0.2) is 4.98 Å². The topological polar surface area (TPSA) is 87.5 Å². The molecule has 0 unspecified atom stereocenters. The molecule has 7 nitrogen and oxygen atoms in total. The molecule has 2 N–H and O–H groups in total. The van der Waals surface area contributed by atoms with E-state index in [-0.39, 0.29) is 24.3 Å². The zero-order valence-corrected chi connectivity index (χ0v) is 19.7. The first-order valence-corrected chi connectivity index (χ1v) is 12.0. The van der Waals surface area contributed by atoms with Crippen molar-refractivity contribution in [3.05, 3.63) is 65.0 Å². The third-order valence-corrected chi connectivity index (χ3v) is 6.89. The minimum Gasteiger partial charge on any atom is -0.441 e. The van der Waals surface area contributed by atoms with Crippen LogP contribution in [0, 0.1) is 12.8 Å². The Balaban J connectivity index is 1.28. The molecule has 1 aliphatic heterocycles. The largest absolute Gasteiger partial charge is 0.441 e. The maximum absolute atomic E-state index is 12.8. The number of hydrogen-bond donors (Lipinski definition) is 2. The zero-order valence-electron chi connectivity index (χ0n) is 19.7.